The lowest BCUT2D eigenvalue weighted by molar-refractivity contribution is 0.548. The fourth-order valence-electron chi connectivity index (χ4n) is 1.50. The molecule has 0 aromatic heterocycles. The topological polar surface area (TPSA) is 12.0 Å². The molecule has 0 aliphatic rings. The van der Waals surface area contributed by atoms with Crippen molar-refractivity contribution in [1.82, 2.24) is 5.32 Å². The minimum atomic E-state index is 0.538. The Balaban J connectivity index is 2.33. The minimum Gasteiger partial charge on any atom is -0.313 e. The maximum atomic E-state index is 3.56. The van der Waals surface area contributed by atoms with Gasteiger partial charge in [-0.25, -0.2) is 0 Å². The van der Waals surface area contributed by atoms with E-state index in [2.05, 4.69) is 65.6 Å². The largest absolute Gasteiger partial charge is 0.313 e. The van der Waals surface area contributed by atoms with Gasteiger partial charge >= 0.3 is 0 Å². The SMILES string of the molecule is CSC(C)CNC(C)Cc1ccc(Br)cc1. The highest BCUT2D eigenvalue weighted by Gasteiger charge is 2.05. The van der Waals surface area contributed by atoms with Crippen LogP contribution in [0, 0.1) is 0 Å². The second-order valence-electron chi connectivity index (χ2n) is 4.19. The predicted molar refractivity (Wildman–Crippen MR) is 78.3 cm³/mol. The maximum Gasteiger partial charge on any atom is 0.0175 e. The Morgan fingerprint density at radius 1 is 1.25 bits per heavy atom. The first-order chi connectivity index (χ1) is 7.61. The Morgan fingerprint density at radius 2 is 1.88 bits per heavy atom. The van der Waals surface area contributed by atoms with E-state index in [-0.39, 0.29) is 0 Å². The summed E-state index contributed by atoms with van der Waals surface area (Å²) in [6, 6.07) is 9.11. The number of rotatable bonds is 6. The zero-order valence-corrected chi connectivity index (χ0v) is 12.6. The van der Waals surface area contributed by atoms with Crippen LogP contribution in [0.4, 0.5) is 0 Å². The highest BCUT2D eigenvalue weighted by Crippen LogP contribution is 2.12. The normalized spacial score (nSPS) is 14.8. The van der Waals surface area contributed by atoms with Crippen LogP contribution in [0.5, 0.6) is 0 Å². The van der Waals surface area contributed by atoms with Crippen molar-refractivity contribution in [2.75, 3.05) is 12.8 Å². The third-order valence-corrected chi connectivity index (χ3v) is 4.11. The molecule has 3 heteroatoms. The van der Waals surface area contributed by atoms with Crippen molar-refractivity contribution in [3.63, 3.8) is 0 Å². The average molecular weight is 302 g/mol. The molecular formula is C13H20BrNS. The highest BCUT2D eigenvalue weighted by molar-refractivity contribution is 9.10. The molecule has 0 saturated heterocycles. The van der Waals surface area contributed by atoms with Crippen LogP contribution in [0.2, 0.25) is 0 Å². The van der Waals surface area contributed by atoms with Gasteiger partial charge in [0.2, 0.25) is 0 Å². The van der Waals surface area contributed by atoms with Crippen molar-refractivity contribution in [2.24, 2.45) is 0 Å². The molecule has 2 atom stereocenters. The van der Waals surface area contributed by atoms with Crippen LogP contribution in [0.1, 0.15) is 19.4 Å². The molecule has 1 N–H and O–H groups in total. The summed E-state index contributed by atoms with van der Waals surface area (Å²) in [6.45, 7) is 5.58. The molecule has 90 valence electrons. The molecule has 0 heterocycles. The zero-order valence-electron chi connectivity index (χ0n) is 10.2. The summed E-state index contributed by atoms with van der Waals surface area (Å²) in [4.78, 5) is 0. The van der Waals surface area contributed by atoms with Crippen LogP contribution in [0.25, 0.3) is 0 Å². The van der Waals surface area contributed by atoms with Gasteiger partial charge in [0.05, 0.1) is 0 Å². The second-order valence-corrected chi connectivity index (χ2v) is 6.38. The molecule has 16 heavy (non-hydrogen) atoms. The predicted octanol–water partition coefficient (Wildman–Crippen LogP) is 3.72. The summed E-state index contributed by atoms with van der Waals surface area (Å²) < 4.78 is 1.15. The fraction of sp³-hybridized carbons (Fsp3) is 0.538. The summed E-state index contributed by atoms with van der Waals surface area (Å²) in [7, 11) is 0. The van der Waals surface area contributed by atoms with Crippen LogP contribution in [0.15, 0.2) is 28.7 Å². The maximum absolute atomic E-state index is 3.56. The van der Waals surface area contributed by atoms with E-state index in [1.54, 1.807) is 0 Å². The van der Waals surface area contributed by atoms with Gasteiger partial charge in [0.15, 0.2) is 0 Å². The summed E-state index contributed by atoms with van der Waals surface area (Å²) in [5.74, 6) is 0. The van der Waals surface area contributed by atoms with E-state index in [0.717, 1.165) is 17.4 Å². The lowest BCUT2D eigenvalue weighted by atomic mass is 10.1. The number of hydrogen-bond donors (Lipinski definition) is 1. The van der Waals surface area contributed by atoms with Crippen LogP contribution < -0.4 is 5.32 Å². The summed E-state index contributed by atoms with van der Waals surface area (Å²) in [6.07, 6.45) is 3.25. The quantitative estimate of drug-likeness (QED) is 0.859. The molecule has 0 aliphatic carbocycles. The van der Waals surface area contributed by atoms with Gasteiger partial charge in [0.25, 0.3) is 0 Å². The molecule has 0 amide bonds. The van der Waals surface area contributed by atoms with Gasteiger partial charge in [-0.1, -0.05) is 35.0 Å². The first-order valence-electron chi connectivity index (χ1n) is 5.62. The minimum absolute atomic E-state index is 0.538. The van der Waals surface area contributed by atoms with Crippen molar-refractivity contribution < 1.29 is 0 Å². The summed E-state index contributed by atoms with van der Waals surface area (Å²) in [5, 5.41) is 4.25. The van der Waals surface area contributed by atoms with E-state index in [1.807, 2.05) is 11.8 Å². The Hall–Kier alpha value is 0.01000. The van der Waals surface area contributed by atoms with Crippen molar-refractivity contribution in [3.05, 3.63) is 34.3 Å². The molecule has 0 radical (unpaired) electrons. The number of hydrogen-bond acceptors (Lipinski definition) is 2. The van der Waals surface area contributed by atoms with Crippen LogP contribution >= 0.6 is 27.7 Å². The van der Waals surface area contributed by atoms with Crippen LogP contribution in [-0.2, 0) is 6.42 Å². The molecule has 1 aromatic rings. The Bertz CT molecular complexity index is 299. The molecule has 0 bridgehead atoms. The Morgan fingerprint density at radius 3 is 2.44 bits per heavy atom. The van der Waals surface area contributed by atoms with Crippen LogP contribution in [0.3, 0.4) is 0 Å². The molecular weight excluding hydrogens is 282 g/mol. The molecule has 0 aliphatic heterocycles. The number of thioether (sulfide) groups is 1. The summed E-state index contributed by atoms with van der Waals surface area (Å²) >= 11 is 5.36. The molecule has 1 rings (SSSR count). The molecule has 1 aromatic carbocycles. The van der Waals surface area contributed by atoms with Gasteiger partial charge in [0, 0.05) is 22.3 Å². The molecule has 2 unspecified atom stereocenters. The molecule has 1 nitrogen and oxygen atoms in total. The zero-order chi connectivity index (χ0) is 12.0. The third-order valence-electron chi connectivity index (χ3n) is 2.61. The Kier molecular flexibility index (Phi) is 6.47. The summed E-state index contributed by atoms with van der Waals surface area (Å²) in [5.41, 5.74) is 1.39. The van der Waals surface area contributed by atoms with Crippen molar-refractivity contribution in [1.29, 1.82) is 0 Å². The smallest absolute Gasteiger partial charge is 0.0175 e. The monoisotopic (exact) mass is 301 g/mol. The van der Waals surface area contributed by atoms with E-state index in [0.29, 0.717) is 11.3 Å². The van der Waals surface area contributed by atoms with Crippen molar-refractivity contribution in [3.8, 4) is 0 Å². The lowest BCUT2D eigenvalue weighted by Crippen LogP contribution is -2.32. The van der Waals surface area contributed by atoms with Crippen LogP contribution in [-0.4, -0.2) is 24.1 Å². The first-order valence-corrected chi connectivity index (χ1v) is 7.70. The third kappa shape index (κ3) is 5.37. The van der Waals surface area contributed by atoms with Gasteiger partial charge < -0.3 is 5.32 Å². The fourth-order valence-corrected chi connectivity index (χ4v) is 2.02. The second kappa shape index (κ2) is 7.36. The van der Waals surface area contributed by atoms with Gasteiger partial charge in [-0.05, 0) is 37.3 Å². The number of halogens is 1. The van der Waals surface area contributed by atoms with E-state index in [4.69, 9.17) is 0 Å². The van der Waals surface area contributed by atoms with Gasteiger partial charge in [-0.2, -0.15) is 11.8 Å². The van der Waals surface area contributed by atoms with E-state index in [1.165, 1.54) is 5.56 Å². The molecule has 0 saturated carbocycles. The lowest BCUT2D eigenvalue weighted by Gasteiger charge is -2.16. The van der Waals surface area contributed by atoms with Gasteiger partial charge in [0.1, 0.15) is 0 Å². The van der Waals surface area contributed by atoms with E-state index >= 15 is 0 Å². The first kappa shape index (κ1) is 14.1. The molecule has 0 fully saturated rings. The van der Waals surface area contributed by atoms with Crippen molar-refractivity contribution >= 4 is 27.7 Å². The van der Waals surface area contributed by atoms with Gasteiger partial charge in [-0.3, -0.25) is 0 Å². The number of benzene rings is 1. The molecule has 0 spiro atoms. The van der Waals surface area contributed by atoms with Crippen molar-refractivity contribution in [2.45, 2.75) is 31.6 Å². The van der Waals surface area contributed by atoms with E-state index in [9.17, 15) is 0 Å². The average Bonchev–Trinajstić information content (AvgIpc) is 2.29. The standard InChI is InChI=1S/C13H20BrNS/c1-10(15-9-11(2)16-3)8-12-4-6-13(14)7-5-12/h4-7,10-11,15H,8-9H2,1-3H3. The highest BCUT2D eigenvalue weighted by atomic mass is 79.9. The number of nitrogens with one attached hydrogen (secondary N) is 1. The van der Waals surface area contributed by atoms with Gasteiger partial charge in [-0.15, -0.1) is 0 Å². The Labute approximate surface area is 112 Å². The van der Waals surface area contributed by atoms with E-state index < -0.39 is 0 Å².